The summed E-state index contributed by atoms with van der Waals surface area (Å²) in [5.41, 5.74) is 0.407. The zero-order chi connectivity index (χ0) is 12.6. The summed E-state index contributed by atoms with van der Waals surface area (Å²) in [6.45, 7) is 0. The minimum absolute atomic E-state index is 0.0145. The van der Waals surface area contributed by atoms with Crippen molar-refractivity contribution in [2.45, 2.75) is 0 Å². The van der Waals surface area contributed by atoms with E-state index in [9.17, 15) is 9.18 Å². The molecule has 0 radical (unpaired) electrons. The van der Waals surface area contributed by atoms with E-state index in [1.807, 2.05) is 0 Å². The molecule has 0 saturated heterocycles. The van der Waals surface area contributed by atoms with Gasteiger partial charge in [-0.15, -0.1) is 0 Å². The molecule has 0 fully saturated rings. The van der Waals surface area contributed by atoms with Crippen molar-refractivity contribution in [2.75, 3.05) is 0 Å². The number of carboxylic acid groups (broad SMARTS) is 1. The van der Waals surface area contributed by atoms with Crippen molar-refractivity contribution >= 4 is 17.6 Å². The molecule has 0 aliphatic carbocycles. The first-order valence-corrected chi connectivity index (χ1v) is 5.09. The lowest BCUT2D eigenvalue weighted by atomic mass is 10.1. The molecule has 6 heteroatoms. The Kier molecular flexibility index (Phi) is 2.85. The Hall–Kier alpha value is -1.88. The predicted octanol–water partition coefficient (Wildman–Crippen LogP) is 2.58. The molecule has 0 spiro atoms. The van der Waals surface area contributed by atoms with Gasteiger partial charge >= 0.3 is 5.97 Å². The van der Waals surface area contributed by atoms with Crippen molar-refractivity contribution in [2.24, 2.45) is 7.05 Å². The van der Waals surface area contributed by atoms with E-state index in [2.05, 4.69) is 5.10 Å². The molecule has 17 heavy (non-hydrogen) atoms. The predicted molar refractivity (Wildman–Crippen MR) is 60.6 cm³/mol. The number of halogens is 2. The second-order valence-corrected chi connectivity index (χ2v) is 3.90. The van der Waals surface area contributed by atoms with Crippen LogP contribution in [0.3, 0.4) is 0 Å². The van der Waals surface area contributed by atoms with Gasteiger partial charge in [0.25, 0.3) is 0 Å². The van der Waals surface area contributed by atoms with Crippen molar-refractivity contribution in [3.8, 4) is 11.3 Å². The molecule has 0 unspecified atom stereocenters. The first-order chi connectivity index (χ1) is 7.99. The van der Waals surface area contributed by atoms with E-state index in [0.717, 1.165) is 0 Å². The van der Waals surface area contributed by atoms with Crippen LogP contribution >= 0.6 is 11.6 Å². The van der Waals surface area contributed by atoms with E-state index < -0.39 is 11.8 Å². The highest BCUT2D eigenvalue weighted by Crippen LogP contribution is 2.25. The Balaban J connectivity index is 2.57. The molecule has 2 rings (SSSR count). The van der Waals surface area contributed by atoms with Crippen LogP contribution in [0.25, 0.3) is 11.3 Å². The molecule has 88 valence electrons. The fraction of sp³-hybridized carbons (Fsp3) is 0.0909. The normalized spacial score (nSPS) is 10.5. The highest BCUT2D eigenvalue weighted by molar-refractivity contribution is 6.30. The van der Waals surface area contributed by atoms with E-state index in [1.165, 1.54) is 36.0 Å². The molecular weight excluding hydrogens is 247 g/mol. The number of benzene rings is 1. The number of carboxylic acids is 1. The first kappa shape index (κ1) is 11.6. The Morgan fingerprint density at radius 2 is 2.18 bits per heavy atom. The maximum absolute atomic E-state index is 13.5. The highest BCUT2D eigenvalue weighted by atomic mass is 35.5. The molecule has 0 saturated carbocycles. The third-order valence-corrected chi connectivity index (χ3v) is 2.54. The minimum atomic E-state index is -1.12. The van der Waals surface area contributed by atoms with E-state index in [0.29, 0.717) is 5.02 Å². The van der Waals surface area contributed by atoms with Crippen LogP contribution in [0.4, 0.5) is 4.39 Å². The molecule has 4 nitrogen and oxygen atoms in total. The highest BCUT2D eigenvalue weighted by Gasteiger charge is 2.15. The summed E-state index contributed by atoms with van der Waals surface area (Å²) < 4.78 is 14.7. The zero-order valence-corrected chi connectivity index (χ0v) is 9.57. The van der Waals surface area contributed by atoms with Crippen LogP contribution in [-0.4, -0.2) is 20.9 Å². The van der Waals surface area contributed by atoms with Gasteiger partial charge in [-0.3, -0.25) is 4.68 Å². The monoisotopic (exact) mass is 254 g/mol. The molecular formula is C11H8ClFN2O2. The maximum atomic E-state index is 13.5. The van der Waals surface area contributed by atoms with Crippen LogP contribution in [0.2, 0.25) is 5.02 Å². The van der Waals surface area contributed by atoms with Gasteiger partial charge < -0.3 is 5.11 Å². The van der Waals surface area contributed by atoms with Gasteiger partial charge in [0, 0.05) is 17.6 Å². The average molecular weight is 255 g/mol. The quantitative estimate of drug-likeness (QED) is 0.896. The number of hydrogen-bond donors (Lipinski definition) is 1. The van der Waals surface area contributed by atoms with Crippen LogP contribution in [0.1, 0.15) is 10.5 Å². The Bertz CT molecular complexity index is 595. The first-order valence-electron chi connectivity index (χ1n) is 4.72. The van der Waals surface area contributed by atoms with Crippen molar-refractivity contribution in [1.29, 1.82) is 0 Å². The largest absolute Gasteiger partial charge is 0.477 e. The van der Waals surface area contributed by atoms with Crippen molar-refractivity contribution in [1.82, 2.24) is 9.78 Å². The molecule has 0 bridgehead atoms. The number of aromatic carboxylic acids is 1. The standard InChI is InChI=1S/C11H8ClFN2O2/c1-15-10(11(16)17)5-9(14-15)7-4-6(12)2-3-8(7)13/h2-5H,1H3,(H,16,17). The summed E-state index contributed by atoms with van der Waals surface area (Å²) in [6, 6.07) is 5.34. The smallest absolute Gasteiger partial charge is 0.354 e. The molecule has 0 aliphatic heterocycles. The van der Waals surface area contributed by atoms with Gasteiger partial charge in [-0.25, -0.2) is 9.18 Å². The molecule has 1 heterocycles. The van der Waals surface area contributed by atoms with Crippen LogP contribution in [0.15, 0.2) is 24.3 Å². The number of nitrogens with zero attached hydrogens (tertiary/aromatic N) is 2. The molecule has 1 N–H and O–H groups in total. The number of carbonyl (C=O) groups is 1. The average Bonchev–Trinajstić information content (AvgIpc) is 2.64. The van der Waals surface area contributed by atoms with E-state index in [-0.39, 0.29) is 17.0 Å². The lowest BCUT2D eigenvalue weighted by Gasteiger charge is -1.99. The number of rotatable bonds is 2. The van der Waals surface area contributed by atoms with Gasteiger partial charge in [0.1, 0.15) is 11.5 Å². The third kappa shape index (κ3) is 2.14. The summed E-state index contributed by atoms with van der Waals surface area (Å²) in [6.07, 6.45) is 0. The Morgan fingerprint density at radius 1 is 1.47 bits per heavy atom. The molecule has 1 aromatic carbocycles. The summed E-state index contributed by atoms with van der Waals surface area (Å²) in [5, 5.41) is 13.2. The molecule has 0 atom stereocenters. The summed E-state index contributed by atoms with van der Waals surface area (Å²) >= 11 is 5.76. The maximum Gasteiger partial charge on any atom is 0.354 e. The molecule has 1 aromatic heterocycles. The van der Waals surface area contributed by atoms with Gasteiger partial charge in [-0.2, -0.15) is 5.10 Å². The fourth-order valence-electron chi connectivity index (χ4n) is 1.49. The topological polar surface area (TPSA) is 55.1 Å². The van der Waals surface area contributed by atoms with Gasteiger partial charge in [0.05, 0.1) is 5.69 Å². The minimum Gasteiger partial charge on any atom is -0.477 e. The van der Waals surface area contributed by atoms with Crippen LogP contribution in [0, 0.1) is 5.82 Å². The van der Waals surface area contributed by atoms with Crippen LogP contribution < -0.4 is 0 Å². The summed E-state index contributed by atoms with van der Waals surface area (Å²) in [4.78, 5) is 10.8. The second kappa shape index (κ2) is 4.18. The van der Waals surface area contributed by atoms with Gasteiger partial charge in [-0.1, -0.05) is 11.6 Å². The number of hydrogen-bond acceptors (Lipinski definition) is 2. The lowest BCUT2D eigenvalue weighted by molar-refractivity contribution is 0.0685. The third-order valence-electron chi connectivity index (χ3n) is 2.30. The fourth-order valence-corrected chi connectivity index (χ4v) is 1.66. The summed E-state index contributed by atoms with van der Waals surface area (Å²) in [7, 11) is 1.48. The van der Waals surface area contributed by atoms with Gasteiger partial charge in [0.2, 0.25) is 0 Å². The Morgan fingerprint density at radius 3 is 2.76 bits per heavy atom. The number of aryl methyl sites for hydroxylation is 1. The van der Waals surface area contributed by atoms with E-state index in [4.69, 9.17) is 16.7 Å². The van der Waals surface area contributed by atoms with Crippen molar-refractivity contribution in [3.05, 3.63) is 40.8 Å². The number of aromatic nitrogens is 2. The summed E-state index contributed by atoms with van der Waals surface area (Å²) in [5.74, 6) is -1.61. The zero-order valence-electron chi connectivity index (χ0n) is 8.82. The van der Waals surface area contributed by atoms with Crippen LogP contribution in [0.5, 0.6) is 0 Å². The molecule has 2 aromatic rings. The SMILES string of the molecule is Cn1nc(-c2cc(Cl)ccc2F)cc1C(=O)O. The van der Waals surface area contributed by atoms with Gasteiger partial charge in [-0.05, 0) is 24.3 Å². The Labute approximate surface area is 101 Å². The molecule has 0 amide bonds. The van der Waals surface area contributed by atoms with Crippen molar-refractivity contribution < 1.29 is 14.3 Å². The van der Waals surface area contributed by atoms with E-state index >= 15 is 0 Å². The van der Waals surface area contributed by atoms with Crippen molar-refractivity contribution in [3.63, 3.8) is 0 Å². The lowest BCUT2D eigenvalue weighted by Crippen LogP contribution is -2.04. The second-order valence-electron chi connectivity index (χ2n) is 3.47. The van der Waals surface area contributed by atoms with Gasteiger partial charge in [0.15, 0.2) is 0 Å². The van der Waals surface area contributed by atoms with E-state index in [1.54, 1.807) is 0 Å². The molecule has 0 aliphatic rings. The van der Waals surface area contributed by atoms with Crippen LogP contribution in [-0.2, 0) is 7.05 Å².